The quantitative estimate of drug-likeness (QED) is 0.908. The van der Waals surface area contributed by atoms with Gasteiger partial charge in [-0.25, -0.2) is 8.42 Å². The minimum Gasteiger partial charge on any atom is -0.277 e. The predicted octanol–water partition coefficient (Wildman–Crippen LogP) is 3.61. The van der Waals surface area contributed by atoms with Gasteiger partial charge in [-0.3, -0.25) is 9.71 Å². The molecular formula is C12H10BrClN2O2S. The molecular weight excluding hydrogens is 352 g/mol. The summed E-state index contributed by atoms with van der Waals surface area (Å²) in [7, 11) is -3.69. The van der Waals surface area contributed by atoms with Gasteiger partial charge in [-0.1, -0.05) is 33.6 Å². The van der Waals surface area contributed by atoms with Gasteiger partial charge in [-0.05, 0) is 30.7 Å². The van der Waals surface area contributed by atoms with E-state index in [1.807, 2.05) is 0 Å². The second-order valence-electron chi connectivity index (χ2n) is 3.87. The maximum Gasteiger partial charge on any atom is 0.262 e. The molecule has 1 heterocycles. The van der Waals surface area contributed by atoms with Gasteiger partial charge >= 0.3 is 0 Å². The molecule has 1 N–H and O–H groups in total. The van der Waals surface area contributed by atoms with E-state index in [1.54, 1.807) is 25.1 Å². The highest BCUT2D eigenvalue weighted by molar-refractivity contribution is 9.10. The molecule has 1 aromatic heterocycles. The molecule has 0 aliphatic carbocycles. The van der Waals surface area contributed by atoms with Crippen LogP contribution in [-0.2, 0) is 10.0 Å². The highest BCUT2D eigenvalue weighted by Gasteiger charge is 2.18. The summed E-state index contributed by atoms with van der Waals surface area (Å²) in [5.74, 6) is 0. The minimum absolute atomic E-state index is 0.196. The molecule has 2 rings (SSSR count). The van der Waals surface area contributed by atoms with Gasteiger partial charge in [0.05, 0.1) is 21.8 Å². The van der Waals surface area contributed by atoms with Gasteiger partial charge in [-0.15, -0.1) is 0 Å². The lowest BCUT2D eigenvalue weighted by molar-refractivity contribution is 0.600. The van der Waals surface area contributed by atoms with E-state index in [1.165, 1.54) is 18.5 Å². The zero-order valence-corrected chi connectivity index (χ0v) is 13.1. The van der Waals surface area contributed by atoms with Crippen LogP contribution in [0.2, 0.25) is 5.02 Å². The van der Waals surface area contributed by atoms with Crippen LogP contribution in [0, 0.1) is 6.92 Å². The molecule has 0 aliphatic heterocycles. The molecule has 4 nitrogen and oxygen atoms in total. The van der Waals surface area contributed by atoms with Crippen molar-refractivity contribution in [3.63, 3.8) is 0 Å². The Labute approximate surface area is 125 Å². The zero-order chi connectivity index (χ0) is 14.0. The van der Waals surface area contributed by atoms with E-state index in [4.69, 9.17) is 11.6 Å². The molecule has 2 aromatic rings. The third-order valence-electron chi connectivity index (χ3n) is 2.45. The lowest BCUT2D eigenvalue weighted by Gasteiger charge is -2.11. The molecule has 0 fully saturated rings. The first-order chi connectivity index (χ1) is 8.90. The Morgan fingerprint density at radius 3 is 2.74 bits per heavy atom. The Hall–Kier alpha value is -1.11. The number of rotatable bonds is 3. The highest BCUT2D eigenvalue weighted by Crippen LogP contribution is 2.26. The van der Waals surface area contributed by atoms with Crippen molar-refractivity contribution in [2.24, 2.45) is 0 Å². The molecule has 0 unspecified atom stereocenters. The van der Waals surface area contributed by atoms with Gasteiger partial charge in [0.25, 0.3) is 10.0 Å². The second-order valence-corrected chi connectivity index (χ2v) is 6.84. The van der Waals surface area contributed by atoms with Gasteiger partial charge in [0, 0.05) is 10.7 Å². The third kappa shape index (κ3) is 3.26. The van der Waals surface area contributed by atoms with Crippen LogP contribution in [0.1, 0.15) is 5.56 Å². The summed E-state index contributed by atoms with van der Waals surface area (Å²) in [6.07, 6.45) is 2.86. The van der Waals surface area contributed by atoms with Crippen LogP contribution in [0.25, 0.3) is 0 Å². The monoisotopic (exact) mass is 360 g/mol. The number of benzene rings is 1. The normalized spacial score (nSPS) is 11.3. The number of nitrogens with one attached hydrogen (secondary N) is 1. The third-order valence-corrected chi connectivity index (χ3v) is 4.78. The number of hydrogen-bond acceptors (Lipinski definition) is 3. The lowest BCUT2D eigenvalue weighted by atomic mass is 10.2. The van der Waals surface area contributed by atoms with E-state index in [9.17, 15) is 8.42 Å². The largest absolute Gasteiger partial charge is 0.277 e. The lowest BCUT2D eigenvalue weighted by Crippen LogP contribution is -2.14. The summed E-state index contributed by atoms with van der Waals surface area (Å²) in [4.78, 5) is 4.04. The number of sulfonamides is 1. The van der Waals surface area contributed by atoms with Crippen LogP contribution in [0.15, 0.2) is 46.0 Å². The van der Waals surface area contributed by atoms with E-state index < -0.39 is 10.0 Å². The Bertz CT molecular complexity index is 719. The highest BCUT2D eigenvalue weighted by atomic mass is 79.9. The van der Waals surface area contributed by atoms with Crippen molar-refractivity contribution >= 4 is 43.2 Å². The second kappa shape index (κ2) is 5.48. The van der Waals surface area contributed by atoms with Crippen molar-refractivity contribution in [2.75, 3.05) is 4.72 Å². The van der Waals surface area contributed by atoms with Crippen molar-refractivity contribution in [1.82, 2.24) is 4.98 Å². The summed E-state index contributed by atoms with van der Waals surface area (Å²) >= 11 is 9.17. The molecule has 0 atom stereocenters. The van der Waals surface area contributed by atoms with E-state index >= 15 is 0 Å². The molecule has 0 amide bonds. The molecule has 100 valence electrons. The summed E-state index contributed by atoms with van der Waals surface area (Å²) < 4.78 is 27.7. The summed E-state index contributed by atoms with van der Waals surface area (Å²) in [6, 6.07) is 6.57. The molecule has 1 aromatic carbocycles. The number of anilines is 1. The molecule has 7 heteroatoms. The van der Waals surface area contributed by atoms with E-state index in [0.717, 1.165) is 0 Å². The van der Waals surface area contributed by atoms with Crippen molar-refractivity contribution < 1.29 is 8.42 Å². The number of nitrogens with zero attached hydrogens (tertiary/aromatic N) is 1. The smallest absolute Gasteiger partial charge is 0.262 e. The van der Waals surface area contributed by atoms with Crippen LogP contribution in [-0.4, -0.2) is 13.4 Å². The van der Waals surface area contributed by atoms with Gasteiger partial charge in [0.2, 0.25) is 0 Å². The number of halogens is 2. The van der Waals surface area contributed by atoms with Gasteiger partial charge in [0.15, 0.2) is 0 Å². The first kappa shape index (κ1) is 14.3. The van der Waals surface area contributed by atoms with Crippen LogP contribution < -0.4 is 4.72 Å². The van der Waals surface area contributed by atoms with E-state index in [0.29, 0.717) is 15.1 Å². The maximum absolute atomic E-state index is 12.3. The van der Waals surface area contributed by atoms with Crippen LogP contribution >= 0.6 is 27.5 Å². The first-order valence-electron chi connectivity index (χ1n) is 5.28. The molecule has 0 bridgehead atoms. The summed E-state index contributed by atoms with van der Waals surface area (Å²) in [5, 5.41) is 0.297. The molecule has 0 spiro atoms. The summed E-state index contributed by atoms with van der Waals surface area (Å²) in [5.41, 5.74) is 0.902. The Balaban J connectivity index is 2.44. The Kier molecular flexibility index (Phi) is 4.13. The van der Waals surface area contributed by atoms with E-state index in [-0.39, 0.29) is 10.6 Å². The Morgan fingerprint density at radius 2 is 2.05 bits per heavy atom. The number of hydrogen-bond donors (Lipinski definition) is 1. The van der Waals surface area contributed by atoms with Crippen molar-refractivity contribution in [2.45, 2.75) is 11.8 Å². The SMILES string of the molecule is Cc1ccc(Br)cc1S(=O)(=O)Nc1cnccc1Cl. The summed E-state index contributed by atoms with van der Waals surface area (Å²) in [6.45, 7) is 1.73. The van der Waals surface area contributed by atoms with Crippen LogP contribution in [0.5, 0.6) is 0 Å². The fraction of sp³-hybridized carbons (Fsp3) is 0.0833. The van der Waals surface area contributed by atoms with Crippen molar-refractivity contribution in [3.05, 3.63) is 51.7 Å². The number of aryl methyl sites for hydroxylation is 1. The van der Waals surface area contributed by atoms with Crippen molar-refractivity contribution in [3.8, 4) is 0 Å². The maximum atomic E-state index is 12.3. The van der Waals surface area contributed by atoms with Crippen molar-refractivity contribution in [1.29, 1.82) is 0 Å². The zero-order valence-electron chi connectivity index (χ0n) is 9.89. The Morgan fingerprint density at radius 1 is 1.32 bits per heavy atom. The fourth-order valence-electron chi connectivity index (χ4n) is 1.52. The number of pyridine rings is 1. The number of aromatic nitrogens is 1. The minimum atomic E-state index is -3.69. The standard InChI is InChI=1S/C12H10BrClN2O2S/c1-8-2-3-9(13)6-12(8)19(17,18)16-11-7-15-5-4-10(11)14/h2-7,16H,1H3. The van der Waals surface area contributed by atoms with Crippen LogP contribution in [0.4, 0.5) is 5.69 Å². The average molecular weight is 362 g/mol. The van der Waals surface area contributed by atoms with Gasteiger partial charge in [-0.2, -0.15) is 0 Å². The molecule has 0 radical (unpaired) electrons. The molecule has 0 saturated carbocycles. The first-order valence-corrected chi connectivity index (χ1v) is 7.94. The average Bonchev–Trinajstić information content (AvgIpc) is 2.35. The van der Waals surface area contributed by atoms with Gasteiger partial charge < -0.3 is 0 Å². The topological polar surface area (TPSA) is 59.1 Å². The fourth-order valence-corrected chi connectivity index (χ4v) is 3.57. The van der Waals surface area contributed by atoms with E-state index in [2.05, 4.69) is 25.6 Å². The van der Waals surface area contributed by atoms with Crippen LogP contribution in [0.3, 0.4) is 0 Å². The molecule has 19 heavy (non-hydrogen) atoms. The van der Waals surface area contributed by atoms with Gasteiger partial charge in [0.1, 0.15) is 0 Å². The molecule has 0 aliphatic rings. The predicted molar refractivity (Wildman–Crippen MR) is 78.9 cm³/mol. The molecule has 0 saturated heterocycles.